The number of aromatic hydroxyl groups is 1. The molecule has 0 fully saturated rings. The Balaban J connectivity index is 2.20. The van der Waals surface area contributed by atoms with E-state index in [0.29, 0.717) is 23.3 Å². The number of aryl methyl sites for hydroxylation is 1. The van der Waals surface area contributed by atoms with E-state index in [2.05, 4.69) is 4.98 Å². The Morgan fingerprint density at radius 3 is 2.60 bits per heavy atom. The van der Waals surface area contributed by atoms with Gasteiger partial charge in [0.25, 0.3) is 5.56 Å². The molecule has 1 heterocycles. The summed E-state index contributed by atoms with van der Waals surface area (Å²) in [6.07, 6.45) is 0. The van der Waals surface area contributed by atoms with Crippen molar-refractivity contribution in [3.8, 4) is 5.75 Å². The predicted molar refractivity (Wildman–Crippen MR) is 77.9 cm³/mol. The summed E-state index contributed by atoms with van der Waals surface area (Å²) < 4.78 is 1.62. The molecular formula is C16H14N2O2. The second kappa shape index (κ2) is 4.81. The first-order valence-corrected chi connectivity index (χ1v) is 6.40. The summed E-state index contributed by atoms with van der Waals surface area (Å²) in [5.74, 6) is 0.627. The van der Waals surface area contributed by atoms with E-state index in [1.807, 2.05) is 30.3 Å². The van der Waals surface area contributed by atoms with Crippen LogP contribution in [-0.2, 0) is 6.54 Å². The van der Waals surface area contributed by atoms with Crippen LogP contribution in [0.2, 0.25) is 0 Å². The SMILES string of the molecule is Cc1nc2c(O)cccc2c(=O)n1Cc1ccccc1. The third-order valence-electron chi connectivity index (χ3n) is 3.34. The van der Waals surface area contributed by atoms with E-state index in [1.54, 1.807) is 23.6 Å². The normalized spacial score (nSPS) is 10.8. The van der Waals surface area contributed by atoms with Crippen molar-refractivity contribution in [1.82, 2.24) is 9.55 Å². The molecule has 20 heavy (non-hydrogen) atoms. The minimum atomic E-state index is -0.132. The van der Waals surface area contributed by atoms with Crippen LogP contribution in [0.3, 0.4) is 0 Å². The molecule has 0 amide bonds. The number of nitrogens with zero attached hydrogens (tertiary/aromatic N) is 2. The van der Waals surface area contributed by atoms with E-state index in [9.17, 15) is 9.90 Å². The molecule has 0 aliphatic heterocycles. The second-order valence-corrected chi connectivity index (χ2v) is 4.71. The third-order valence-corrected chi connectivity index (χ3v) is 3.34. The number of fused-ring (bicyclic) bond motifs is 1. The van der Waals surface area contributed by atoms with Gasteiger partial charge in [-0.2, -0.15) is 0 Å². The molecule has 0 aliphatic rings. The molecule has 0 unspecified atom stereocenters. The van der Waals surface area contributed by atoms with Crippen LogP contribution in [0, 0.1) is 6.92 Å². The number of hydrogen-bond donors (Lipinski definition) is 1. The predicted octanol–water partition coefficient (Wildman–Crippen LogP) is 2.46. The van der Waals surface area contributed by atoms with Gasteiger partial charge in [0.2, 0.25) is 0 Å². The molecule has 4 heteroatoms. The molecule has 100 valence electrons. The zero-order valence-corrected chi connectivity index (χ0v) is 11.1. The van der Waals surface area contributed by atoms with Gasteiger partial charge in [-0.3, -0.25) is 9.36 Å². The Morgan fingerprint density at radius 2 is 1.85 bits per heavy atom. The van der Waals surface area contributed by atoms with Crippen LogP contribution >= 0.6 is 0 Å². The molecule has 3 rings (SSSR count). The van der Waals surface area contributed by atoms with Gasteiger partial charge in [-0.15, -0.1) is 0 Å². The Hall–Kier alpha value is -2.62. The highest BCUT2D eigenvalue weighted by Gasteiger charge is 2.10. The monoisotopic (exact) mass is 266 g/mol. The second-order valence-electron chi connectivity index (χ2n) is 4.71. The van der Waals surface area contributed by atoms with Crippen molar-refractivity contribution in [1.29, 1.82) is 0 Å². The van der Waals surface area contributed by atoms with Crippen molar-refractivity contribution < 1.29 is 5.11 Å². The maximum atomic E-state index is 12.5. The molecule has 0 bridgehead atoms. The Morgan fingerprint density at radius 1 is 1.10 bits per heavy atom. The summed E-state index contributed by atoms with van der Waals surface area (Å²) in [6.45, 7) is 2.25. The molecule has 2 aromatic carbocycles. The first-order chi connectivity index (χ1) is 9.66. The van der Waals surface area contributed by atoms with Crippen molar-refractivity contribution in [3.63, 3.8) is 0 Å². The lowest BCUT2D eigenvalue weighted by atomic mass is 10.2. The van der Waals surface area contributed by atoms with Crippen molar-refractivity contribution >= 4 is 10.9 Å². The molecule has 1 N–H and O–H groups in total. The molecule has 0 atom stereocenters. The van der Waals surface area contributed by atoms with Gasteiger partial charge in [0, 0.05) is 0 Å². The van der Waals surface area contributed by atoms with Crippen LogP contribution in [0.5, 0.6) is 5.75 Å². The maximum absolute atomic E-state index is 12.5. The summed E-state index contributed by atoms with van der Waals surface area (Å²) in [5, 5.41) is 10.2. The Labute approximate surface area is 116 Å². The quantitative estimate of drug-likeness (QED) is 0.775. The minimum absolute atomic E-state index is 0.0366. The van der Waals surface area contributed by atoms with Crippen LogP contribution in [0.4, 0.5) is 0 Å². The van der Waals surface area contributed by atoms with Gasteiger partial charge < -0.3 is 5.11 Å². The molecule has 3 aromatic rings. The van der Waals surface area contributed by atoms with Crippen molar-refractivity contribution in [2.24, 2.45) is 0 Å². The zero-order chi connectivity index (χ0) is 14.1. The molecule has 1 aromatic heterocycles. The van der Waals surface area contributed by atoms with Crippen LogP contribution in [0.1, 0.15) is 11.4 Å². The number of rotatable bonds is 2. The Bertz CT molecular complexity index is 823. The lowest BCUT2D eigenvalue weighted by molar-refractivity contribution is 0.479. The highest BCUT2D eigenvalue weighted by molar-refractivity contribution is 5.83. The summed E-state index contributed by atoms with van der Waals surface area (Å²) in [6, 6.07) is 14.6. The first-order valence-electron chi connectivity index (χ1n) is 6.40. The third kappa shape index (κ3) is 2.05. The number of para-hydroxylation sites is 1. The molecule has 0 spiro atoms. The summed E-state index contributed by atoms with van der Waals surface area (Å²) in [4.78, 5) is 16.9. The van der Waals surface area contributed by atoms with Crippen LogP contribution in [-0.4, -0.2) is 14.7 Å². The summed E-state index contributed by atoms with van der Waals surface area (Å²) in [5.41, 5.74) is 1.27. The number of phenolic OH excluding ortho intramolecular Hbond substituents is 1. The molecule has 0 radical (unpaired) electrons. The van der Waals surface area contributed by atoms with E-state index in [0.717, 1.165) is 5.56 Å². The van der Waals surface area contributed by atoms with Gasteiger partial charge in [0.15, 0.2) is 0 Å². The fourth-order valence-electron chi connectivity index (χ4n) is 2.29. The highest BCUT2D eigenvalue weighted by atomic mass is 16.3. The van der Waals surface area contributed by atoms with Gasteiger partial charge in [-0.05, 0) is 24.6 Å². The fourth-order valence-corrected chi connectivity index (χ4v) is 2.29. The average Bonchev–Trinajstić information content (AvgIpc) is 2.46. The van der Waals surface area contributed by atoms with Crippen LogP contribution < -0.4 is 5.56 Å². The molecule has 0 saturated carbocycles. The number of phenols is 1. The van der Waals surface area contributed by atoms with E-state index >= 15 is 0 Å². The molecule has 0 saturated heterocycles. The zero-order valence-electron chi connectivity index (χ0n) is 11.1. The van der Waals surface area contributed by atoms with Crippen LogP contribution in [0.15, 0.2) is 53.3 Å². The van der Waals surface area contributed by atoms with E-state index < -0.39 is 0 Å². The minimum Gasteiger partial charge on any atom is -0.506 e. The van der Waals surface area contributed by atoms with Gasteiger partial charge in [-0.25, -0.2) is 4.98 Å². The fraction of sp³-hybridized carbons (Fsp3) is 0.125. The highest BCUT2D eigenvalue weighted by Crippen LogP contribution is 2.19. The van der Waals surface area contributed by atoms with Gasteiger partial charge in [0.1, 0.15) is 17.1 Å². The smallest absolute Gasteiger partial charge is 0.261 e. The van der Waals surface area contributed by atoms with Crippen molar-refractivity contribution in [2.45, 2.75) is 13.5 Å². The van der Waals surface area contributed by atoms with Gasteiger partial charge in [0.05, 0.1) is 11.9 Å². The Kier molecular flexibility index (Phi) is 2.99. The van der Waals surface area contributed by atoms with Crippen molar-refractivity contribution in [2.75, 3.05) is 0 Å². The number of benzene rings is 2. The standard InChI is InChI=1S/C16H14N2O2/c1-11-17-15-13(8-5-9-14(15)19)16(20)18(11)10-12-6-3-2-4-7-12/h2-9,19H,10H2,1H3. The first kappa shape index (κ1) is 12.4. The lowest BCUT2D eigenvalue weighted by Crippen LogP contribution is -2.24. The molecule has 4 nitrogen and oxygen atoms in total. The van der Waals surface area contributed by atoms with Crippen LogP contribution in [0.25, 0.3) is 10.9 Å². The maximum Gasteiger partial charge on any atom is 0.261 e. The topological polar surface area (TPSA) is 55.1 Å². The summed E-state index contributed by atoms with van der Waals surface area (Å²) in [7, 11) is 0. The average molecular weight is 266 g/mol. The lowest BCUT2D eigenvalue weighted by Gasteiger charge is -2.11. The number of hydrogen-bond acceptors (Lipinski definition) is 3. The number of aromatic nitrogens is 2. The van der Waals surface area contributed by atoms with Gasteiger partial charge in [-0.1, -0.05) is 36.4 Å². The van der Waals surface area contributed by atoms with Crippen molar-refractivity contribution in [3.05, 3.63) is 70.3 Å². The summed E-state index contributed by atoms with van der Waals surface area (Å²) >= 11 is 0. The van der Waals surface area contributed by atoms with Gasteiger partial charge >= 0.3 is 0 Å². The molecular weight excluding hydrogens is 252 g/mol. The molecule has 0 aliphatic carbocycles. The van der Waals surface area contributed by atoms with E-state index in [1.165, 1.54) is 6.07 Å². The van der Waals surface area contributed by atoms with E-state index in [4.69, 9.17) is 0 Å². The largest absolute Gasteiger partial charge is 0.506 e. The van der Waals surface area contributed by atoms with E-state index in [-0.39, 0.29) is 11.3 Å².